The number of hydrogen-bond acceptors (Lipinski definition) is 2. The van der Waals surface area contributed by atoms with Gasteiger partial charge in [-0.3, -0.25) is 0 Å². The summed E-state index contributed by atoms with van der Waals surface area (Å²) in [6.45, 7) is 9.03. The summed E-state index contributed by atoms with van der Waals surface area (Å²) in [6, 6.07) is 18.5. The normalized spacial score (nSPS) is 11.9. The molecule has 0 nitrogen and oxygen atoms in total. The minimum atomic E-state index is 0.680. The summed E-state index contributed by atoms with van der Waals surface area (Å²) in [6.07, 6.45) is 0. The molecule has 3 aromatic carbocycles. The van der Waals surface area contributed by atoms with E-state index in [2.05, 4.69) is 76.2 Å². The van der Waals surface area contributed by atoms with Crippen molar-refractivity contribution in [2.45, 2.75) is 49.7 Å². The number of hydrogen-bond donors (Lipinski definition) is 0. The van der Waals surface area contributed by atoms with Crippen LogP contribution in [0.4, 0.5) is 0 Å². The van der Waals surface area contributed by atoms with E-state index in [1.165, 1.54) is 32.7 Å². The van der Waals surface area contributed by atoms with Gasteiger partial charge in [0.15, 0.2) is 0 Å². The molecule has 0 bridgehead atoms. The van der Waals surface area contributed by atoms with Crippen LogP contribution in [0.1, 0.15) is 38.8 Å². The van der Waals surface area contributed by atoms with Gasteiger partial charge in [0.2, 0.25) is 0 Å². The maximum atomic E-state index is 2.35. The van der Waals surface area contributed by atoms with E-state index in [4.69, 9.17) is 0 Å². The molecule has 0 unspecified atom stereocenters. The Labute approximate surface area is 154 Å². The summed E-state index contributed by atoms with van der Waals surface area (Å²) < 4.78 is 0. The zero-order chi connectivity index (χ0) is 17.1. The van der Waals surface area contributed by atoms with Crippen molar-refractivity contribution in [1.29, 1.82) is 0 Å². The van der Waals surface area contributed by atoms with Gasteiger partial charge >= 0.3 is 0 Å². The Hall–Kier alpha value is -1.12. The van der Waals surface area contributed by atoms with Crippen molar-refractivity contribution in [1.82, 2.24) is 0 Å². The summed E-state index contributed by atoms with van der Waals surface area (Å²) in [5.41, 5.74) is 2.84. The van der Waals surface area contributed by atoms with Crippen LogP contribution in [0.2, 0.25) is 0 Å². The Morgan fingerprint density at radius 1 is 0.583 bits per heavy atom. The van der Waals surface area contributed by atoms with Crippen LogP contribution in [0.5, 0.6) is 0 Å². The first-order valence-electron chi connectivity index (χ1n) is 8.70. The lowest BCUT2D eigenvalue weighted by atomic mass is 10.0. The predicted octanol–water partition coefficient (Wildman–Crippen LogP) is 7.28. The molecule has 0 aromatic heterocycles. The van der Waals surface area contributed by atoms with Crippen LogP contribution in [0.15, 0.2) is 48.5 Å². The summed E-state index contributed by atoms with van der Waals surface area (Å²) in [5.74, 6) is 2.19. The average molecular weight is 355 g/mol. The van der Waals surface area contributed by atoms with Gasteiger partial charge < -0.3 is 0 Å². The lowest BCUT2D eigenvalue weighted by Gasteiger charge is -2.09. The molecule has 0 saturated carbocycles. The van der Waals surface area contributed by atoms with Gasteiger partial charge in [0.25, 0.3) is 0 Å². The van der Waals surface area contributed by atoms with Crippen molar-refractivity contribution < 1.29 is 0 Å². The van der Waals surface area contributed by atoms with Gasteiger partial charge in [-0.15, -0.1) is 0 Å². The summed E-state index contributed by atoms with van der Waals surface area (Å²) >= 11 is 4.01. The van der Waals surface area contributed by atoms with Crippen LogP contribution < -0.4 is 0 Å². The molecular formula is C22H26S2. The van der Waals surface area contributed by atoms with E-state index >= 15 is 0 Å². The summed E-state index contributed by atoms with van der Waals surface area (Å²) in [4.78, 5) is 0. The lowest BCUT2D eigenvalue weighted by molar-refractivity contribution is 1.11. The fourth-order valence-electron chi connectivity index (χ4n) is 2.80. The van der Waals surface area contributed by atoms with Gasteiger partial charge in [-0.25, -0.2) is 0 Å². The molecule has 3 aromatic rings. The topological polar surface area (TPSA) is 0 Å². The molecule has 0 spiro atoms. The lowest BCUT2D eigenvalue weighted by Crippen LogP contribution is -1.90. The Balaban J connectivity index is 1.90. The standard InChI is InChI=1S/C22H26S2/c1-15(2)23-13-17-5-7-19-12-22-10-18(14-24-16(3)4)6-8-20(22)11-21(19)9-17/h5-12,15-16H,13-14H2,1-4H3. The molecule has 0 amide bonds. The third kappa shape index (κ3) is 4.49. The first-order valence-corrected chi connectivity index (χ1v) is 10.8. The Kier molecular flexibility index (Phi) is 5.78. The minimum absolute atomic E-state index is 0.680. The van der Waals surface area contributed by atoms with Crippen LogP contribution in [0.25, 0.3) is 21.5 Å². The fourth-order valence-corrected chi connectivity index (χ4v) is 4.21. The van der Waals surface area contributed by atoms with Crippen molar-refractivity contribution in [2.24, 2.45) is 0 Å². The van der Waals surface area contributed by atoms with E-state index < -0.39 is 0 Å². The largest absolute Gasteiger partial charge is 0.154 e. The average Bonchev–Trinajstić information content (AvgIpc) is 2.56. The smallest absolute Gasteiger partial charge is 0.0187 e. The number of fused-ring (bicyclic) bond motifs is 2. The zero-order valence-electron chi connectivity index (χ0n) is 15.0. The molecule has 0 aliphatic heterocycles. The maximum absolute atomic E-state index is 2.35. The molecule has 24 heavy (non-hydrogen) atoms. The molecule has 0 fully saturated rings. The first-order chi connectivity index (χ1) is 11.5. The third-order valence-electron chi connectivity index (χ3n) is 4.09. The van der Waals surface area contributed by atoms with Gasteiger partial charge in [0.05, 0.1) is 0 Å². The van der Waals surface area contributed by atoms with Crippen molar-refractivity contribution in [3.63, 3.8) is 0 Å². The monoisotopic (exact) mass is 354 g/mol. The van der Waals surface area contributed by atoms with Crippen LogP contribution in [0, 0.1) is 0 Å². The number of rotatable bonds is 6. The Morgan fingerprint density at radius 2 is 1.00 bits per heavy atom. The van der Waals surface area contributed by atoms with E-state index in [-0.39, 0.29) is 0 Å². The Morgan fingerprint density at radius 3 is 1.38 bits per heavy atom. The van der Waals surface area contributed by atoms with Gasteiger partial charge in [0.1, 0.15) is 0 Å². The summed E-state index contributed by atoms with van der Waals surface area (Å²) in [5, 5.41) is 6.75. The maximum Gasteiger partial charge on any atom is 0.0187 e. The molecule has 0 aliphatic rings. The minimum Gasteiger partial charge on any atom is -0.154 e. The van der Waals surface area contributed by atoms with Gasteiger partial charge in [-0.05, 0) is 55.3 Å². The van der Waals surface area contributed by atoms with Crippen LogP contribution in [-0.2, 0) is 11.5 Å². The fraction of sp³-hybridized carbons (Fsp3) is 0.364. The molecule has 0 aliphatic carbocycles. The van der Waals surface area contributed by atoms with Crippen molar-refractivity contribution >= 4 is 45.1 Å². The molecule has 0 N–H and O–H groups in total. The molecule has 0 atom stereocenters. The van der Waals surface area contributed by atoms with E-state index in [9.17, 15) is 0 Å². The highest BCUT2D eigenvalue weighted by Gasteiger charge is 2.04. The molecule has 3 rings (SSSR count). The quantitative estimate of drug-likeness (QED) is 0.427. The van der Waals surface area contributed by atoms with E-state index in [0.717, 1.165) is 11.5 Å². The van der Waals surface area contributed by atoms with Crippen LogP contribution in [0.3, 0.4) is 0 Å². The highest BCUT2D eigenvalue weighted by atomic mass is 32.2. The number of thioether (sulfide) groups is 2. The van der Waals surface area contributed by atoms with E-state index in [1.54, 1.807) is 0 Å². The second-order valence-corrected chi connectivity index (χ2v) is 10.1. The van der Waals surface area contributed by atoms with Crippen LogP contribution in [-0.4, -0.2) is 10.5 Å². The molecule has 0 heterocycles. The van der Waals surface area contributed by atoms with Crippen molar-refractivity contribution in [2.75, 3.05) is 0 Å². The van der Waals surface area contributed by atoms with E-state index in [1.807, 2.05) is 23.5 Å². The second-order valence-electron chi connectivity index (χ2n) is 6.93. The third-order valence-corrected chi connectivity index (χ3v) is 6.42. The first kappa shape index (κ1) is 17.7. The number of benzene rings is 3. The molecular weight excluding hydrogens is 328 g/mol. The van der Waals surface area contributed by atoms with Crippen molar-refractivity contribution in [3.8, 4) is 0 Å². The van der Waals surface area contributed by atoms with Gasteiger partial charge in [0, 0.05) is 11.5 Å². The highest BCUT2D eigenvalue weighted by molar-refractivity contribution is 7.99. The second kappa shape index (κ2) is 7.84. The van der Waals surface area contributed by atoms with Gasteiger partial charge in [-0.1, -0.05) is 64.1 Å². The SMILES string of the molecule is CC(C)SCc1ccc2cc3cc(CSC(C)C)ccc3cc2c1. The highest BCUT2D eigenvalue weighted by Crippen LogP contribution is 2.28. The summed E-state index contributed by atoms with van der Waals surface area (Å²) in [7, 11) is 0. The van der Waals surface area contributed by atoms with Crippen molar-refractivity contribution in [3.05, 3.63) is 59.7 Å². The van der Waals surface area contributed by atoms with Crippen LogP contribution >= 0.6 is 23.5 Å². The molecule has 0 radical (unpaired) electrons. The van der Waals surface area contributed by atoms with Gasteiger partial charge in [-0.2, -0.15) is 23.5 Å². The molecule has 0 saturated heterocycles. The molecule has 126 valence electrons. The van der Waals surface area contributed by atoms with E-state index in [0.29, 0.717) is 10.5 Å². The predicted molar refractivity (Wildman–Crippen MR) is 114 cm³/mol. The zero-order valence-corrected chi connectivity index (χ0v) is 16.6. The Bertz CT molecular complexity index is 762. The molecule has 2 heteroatoms.